The molecule has 3 aromatic carbocycles. The first-order chi connectivity index (χ1) is 13.6. The molecule has 0 aromatic heterocycles. The Bertz CT molecular complexity index is 984. The monoisotopic (exact) mass is 399 g/mol. The molecule has 146 valence electrons. The average molecular weight is 400 g/mol. The Morgan fingerprint density at radius 3 is 2.43 bits per heavy atom. The van der Waals surface area contributed by atoms with Gasteiger partial charge in [-0.25, -0.2) is 0 Å². The van der Waals surface area contributed by atoms with Gasteiger partial charge in [0, 0.05) is 17.5 Å². The molecule has 6 heteroatoms. The SMILES string of the molecule is CC[C@H](Oc1cccc2ccccc12)C(=O)Nc1cc(OC)c(Cl)cc1OC. The summed E-state index contributed by atoms with van der Waals surface area (Å²) in [6.07, 6.45) is -0.167. The van der Waals surface area contributed by atoms with Gasteiger partial charge in [0.1, 0.15) is 17.2 Å². The number of hydrogen-bond donors (Lipinski definition) is 1. The summed E-state index contributed by atoms with van der Waals surface area (Å²) in [7, 11) is 3.02. The molecule has 1 atom stereocenters. The molecule has 0 saturated heterocycles. The quantitative estimate of drug-likeness (QED) is 0.585. The minimum atomic E-state index is -0.669. The van der Waals surface area contributed by atoms with Gasteiger partial charge < -0.3 is 19.5 Å². The summed E-state index contributed by atoms with van der Waals surface area (Å²) >= 11 is 6.13. The molecule has 0 aliphatic rings. The van der Waals surface area contributed by atoms with E-state index < -0.39 is 6.10 Å². The van der Waals surface area contributed by atoms with E-state index in [4.69, 9.17) is 25.8 Å². The number of halogens is 1. The van der Waals surface area contributed by atoms with E-state index in [1.807, 2.05) is 49.4 Å². The molecule has 0 radical (unpaired) electrons. The van der Waals surface area contributed by atoms with Crippen LogP contribution in [-0.2, 0) is 4.79 Å². The third-order valence-electron chi connectivity index (χ3n) is 4.41. The highest BCUT2D eigenvalue weighted by molar-refractivity contribution is 6.32. The van der Waals surface area contributed by atoms with Crippen molar-refractivity contribution in [3.63, 3.8) is 0 Å². The van der Waals surface area contributed by atoms with Crippen LogP contribution in [0.15, 0.2) is 54.6 Å². The zero-order valence-corrected chi connectivity index (χ0v) is 16.7. The number of fused-ring (bicyclic) bond motifs is 1. The van der Waals surface area contributed by atoms with Crippen LogP contribution >= 0.6 is 11.6 Å². The summed E-state index contributed by atoms with van der Waals surface area (Å²) in [6.45, 7) is 1.90. The second-order valence-corrected chi connectivity index (χ2v) is 6.58. The first-order valence-corrected chi connectivity index (χ1v) is 9.32. The topological polar surface area (TPSA) is 56.8 Å². The fourth-order valence-corrected chi connectivity index (χ4v) is 3.18. The summed E-state index contributed by atoms with van der Waals surface area (Å²) in [4.78, 5) is 12.9. The number of anilines is 1. The molecule has 0 heterocycles. The van der Waals surface area contributed by atoms with Crippen LogP contribution in [0.5, 0.6) is 17.2 Å². The van der Waals surface area contributed by atoms with E-state index in [-0.39, 0.29) is 5.91 Å². The summed E-state index contributed by atoms with van der Waals surface area (Å²) in [5.41, 5.74) is 0.466. The van der Waals surface area contributed by atoms with Crippen molar-refractivity contribution in [3.05, 3.63) is 59.6 Å². The van der Waals surface area contributed by atoms with Crippen molar-refractivity contribution in [3.8, 4) is 17.2 Å². The van der Waals surface area contributed by atoms with Crippen LogP contribution in [0.1, 0.15) is 13.3 Å². The van der Waals surface area contributed by atoms with Gasteiger partial charge in [0.05, 0.1) is 24.9 Å². The molecule has 1 N–H and O–H groups in total. The van der Waals surface area contributed by atoms with Crippen LogP contribution in [0.4, 0.5) is 5.69 Å². The Morgan fingerprint density at radius 2 is 1.71 bits per heavy atom. The standard InChI is InChI=1S/C22H22ClNO4/c1-4-18(28-19-11-7-9-14-8-5-6-10-15(14)19)22(25)24-17-13-20(26-2)16(23)12-21(17)27-3/h5-13,18H,4H2,1-3H3,(H,24,25)/t18-/m0/s1. The lowest BCUT2D eigenvalue weighted by Gasteiger charge is -2.20. The van der Waals surface area contributed by atoms with E-state index in [1.165, 1.54) is 14.2 Å². The van der Waals surface area contributed by atoms with Crippen LogP contribution in [0.3, 0.4) is 0 Å². The van der Waals surface area contributed by atoms with Crippen LogP contribution < -0.4 is 19.5 Å². The van der Waals surface area contributed by atoms with Gasteiger partial charge in [0.15, 0.2) is 6.10 Å². The van der Waals surface area contributed by atoms with Crippen molar-refractivity contribution in [2.24, 2.45) is 0 Å². The number of benzene rings is 3. The number of amides is 1. The average Bonchev–Trinajstić information content (AvgIpc) is 2.72. The van der Waals surface area contributed by atoms with E-state index in [0.29, 0.717) is 34.4 Å². The molecule has 1 amide bonds. The number of carbonyl (C=O) groups is 1. The van der Waals surface area contributed by atoms with Gasteiger partial charge >= 0.3 is 0 Å². The highest BCUT2D eigenvalue weighted by atomic mass is 35.5. The van der Waals surface area contributed by atoms with Crippen molar-refractivity contribution < 1.29 is 19.0 Å². The van der Waals surface area contributed by atoms with Gasteiger partial charge in [-0.15, -0.1) is 0 Å². The van der Waals surface area contributed by atoms with E-state index in [1.54, 1.807) is 12.1 Å². The lowest BCUT2D eigenvalue weighted by molar-refractivity contribution is -0.122. The fraction of sp³-hybridized carbons (Fsp3) is 0.227. The molecule has 28 heavy (non-hydrogen) atoms. The first-order valence-electron chi connectivity index (χ1n) is 8.94. The second-order valence-electron chi connectivity index (χ2n) is 6.17. The molecule has 0 bridgehead atoms. The Kier molecular flexibility index (Phi) is 6.26. The van der Waals surface area contributed by atoms with Gasteiger partial charge in [0.2, 0.25) is 0 Å². The molecule has 0 spiro atoms. The molecule has 0 saturated carbocycles. The van der Waals surface area contributed by atoms with Crippen molar-refractivity contribution >= 4 is 34.0 Å². The smallest absolute Gasteiger partial charge is 0.265 e. The molecule has 0 aliphatic heterocycles. The van der Waals surface area contributed by atoms with Gasteiger partial charge in [-0.3, -0.25) is 4.79 Å². The lowest BCUT2D eigenvalue weighted by atomic mass is 10.1. The maximum Gasteiger partial charge on any atom is 0.265 e. The van der Waals surface area contributed by atoms with Crippen LogP contribution in [-0.4, -0.2) is 26.2 Å². The number of hydrogen-bond acceptors (Lipinski definition) is 4. The number of rotatable bonds is 7. The molecule has 3 aromatic rings. The minimum Gasteiger partial charge on any atom is -0.495 e. The van der Waals surface area contributed by atoms with Gasteiger partial charge in [0.25, 0.3) is 5.91 Å². The first kappa shape index (κ1) is 19.8. The largest absolute Gasteiger partial charge is 0.495 e. The summed E-state index contributed by atoms with van der Waals surface area (Å²) in [6, 6.07) is 16.9. The highest BCUT2D eigenvalue weighted by Gasteiger charge is 2.21. The second kappa shape index (κ2) is 8.85. The molecular weight excluding hydrogens is 378 g/mol. The van der Waals surface area contributed by atoms with Gasteiger partial charge in [-0.2, -0.15) is 0 Å². The van der Waals surface area contributed by atoms with Crippen LogP contribution in [0.2, 0.25) is 5.02 Å². The van der Waals surface area contributed by atoms with Gasteiger partial charge in [-0.05, 0) is 17.9 Å². The number of ether oxygens (including phenoxy) is 3. The highest BCUT2D eigenvalue weighted by Crippen LogP contribution is 2.36. The number of carbonyl (C=O) groups excluding carboxylic acids is 1. The van der Waals surface area contributed by atoms with E-state index in [9.17, 15) is 4.79 Å². The maximum atomic E-state index is 12.9. The molecule has 0 unspecified atom stereocenters. The number of nitrogens with one attached hydrogen (secondary N) is 1. The predicted molar refractivity (Wildman–Crippen MR) is 112 cm³/mol. The summed E-state index contributed by atoms with van der Waals surface area (Å²) < 4.78 is 16.6. The Balaban J connectivity index is 1.84. The molecule has 3 rings (SSSR count). The van der Waals surface area contributed by atoms with E-state index in [2.05, 4.69) is 5.32 Å². The fourth-order valence-electron chi connectivity index (χ4n) is 2.95. The number of methoxy groups -OCH3 is 2. The predicted octanol–water partition coefficient (Wildman–Crippen LogP) is 5.31. The van der Waals surface area contributed by atoms with Crippen molar-refractivity contribution in [2.45, 2.75) is 19.4 Å². The zero-order chi connectivity index (χ0) is 20.1. The normalized spacial score (nSPS) is 11.7. The third-order valence-corrected chi connectivity index (χ3v) is 4.71. The van der Waals surface area contributed by atoms with Crippen LogP contribution in [0.25, 0.3) is 10.8 Å². The third kappa shape index (κ3) is 4.15. The Labute approximate surface area is 169 Å². The van der Waals surface area contributed by atoms with Gasteiger partial charge in [-0.1, -0.05) is 54.9 Å². The van der Waals surface area contributed by atoms with Crippen LogP contribution in [0, 0.1) is 0 Å². The van der Waals surface area contributed by atoms with Crippen molar-refractivity contribution in [1.82, 2.24) is 0 Å². The minimum absolute atomic E-state index is 0.280. The zero-order valence-electron chi connectivity index (χ0n) is 16.0. The van der Waals surface area contributed by atoms with Crippen molar-refractivity contribution in [2.75, 3.05) is 19.5 Å². The van der Waals surface area contributed by atoms with Crippen molar-refractivity contribution in [1.29, 1.82) is 0 Å². The molecule has 0 fully saturated rings. The van der Waals surface area contributed by atoms with E-state index >= 15 is 0 Å². The lowest BCUT2D eigenvalue weighted by Crippen LogP contribution is -2.32. The van der Waals surface area contributed by atoms with E-state index in [0.717, 1.165) is 10.8 Å². The Hall–Kier alpha value is -2.92. The molecule has 0 aliphatic carbocycles. The summed E-state index contributed by atoms with van der Waals surface area (Å²) in [5.74, 6) is 1.28. The summed E-state index contributed by atoms with van der Waals surface area (Å²) in [5, 5.41) is 5.27. The molecular formula is C22H22ClNO4. The maximum absolute atomic E-state index is 12.9. The Morgan fingerprint density at radius 1 is 1.00 bits per heavy atom. The molecule has 5 nitrogen and oxygen atoms in total.